The zero-order valence-corrected chi connectivity index (χ0v) is 12.3. The van der Waals surface area contributed by atoms with E-state index in [1.807, 2.05) is 0 Å². The maximum atomic E-state index is 11.6. The van der Waals surface area contributed by atoms with Crippen LogP contribution in [0.2, 0.25) is 0 Å². The molecule has 1 aromatic rings. The van der Waals surface area contributed by atoms with Gasteiger partial charge in [0.1, 0.15) is 5.69 Å². The standard InChI is InChI=1S/C13H16N2O5S/c1-20-12(17)3-2-5-15-11(16)8-21-9-4-6-14-10(7-9)13(18)19/h4,6-7H,2-3,5,8H2,1H3,(H,15,16)(H,18,19). The van der Waals surface area contributed by atoms with E-state index in [-0.39, 0.29) is 29.7 Å². The number of rotatable bonds is 8. The van der Waals surface area contributed by atoms with Gasteiger partial charge in [-0.2, -0.15) is 0 Å². The number of nitrogens with zero attached hydrogens (tertiary/aromatic N) is 1. The molecule has 0 spiro atoms. The summed E-state index contributed by atoms with van der Waals surface area (Å²) in [5.41, 5.74) is -0.0570. The predicted octanol–water partition coefficient (Wildman–Crippen LogP) is 0.941. The van der Waals surface area contributed by atoms with Crippen molar-refractivity contribution in [2.75, 3.05) is 19.4 Å². The van der Waals surface area contributed by atoms with Gasteiger partial charge in [-0.1, -0.05) is 0 Å². The highest BCUT2D eigenvalue weighted by Crippen LogP contribution is 2.17. The topological polar surface area (TPSA) is 106 Å². The van der Waals surface area contributed by atoms with Crippen molar-refractivity contribution in [3.8, 4) is 0 Å². The lowest BCUT2D eigenvalue weighted by molar-refractivity contribution is -0.140. The van der Waals surface area contributed by atoms with Gasteiger partial charge < -0.3 is 15.2 Å². The van der Waals surface area contributed by atoms with Gasteiger partial charge in [0, 0.05) is 24.1 Å². The van der Waals surface area contributed by atoms with Crippen LogP contribution in [0.4, 0.5) is 0 Å². The first-order chi connectivity index (χ1) is 10.0. The van der Waals surface area contributed by atoms with Gasteiger partial charge in [-0.25, -0.2) is 9.78 Å². The highest BCUT2D eigenvalue weighted by atomic mass is 32.2. The smallest absolute Gasteiger partial charge is 0.354 e. The number of carboxylic acid groups (broad SMARTS) is 1. The molecule has 0 saturated heterocycles. The van der Waals surface area contributed by atoms with Gasteiger partial charge in [0.05, 0.1) is 12.9 Å². The average molecular weight is 312 g/mol. The van der Waals surface area contributed by atoms with E-state index in [0.29, 0.717) is 17.9 Å². The first kappa shape index (κ1) is 17.0. The molecule has 21 heavy (non-hydrogen) atoms. The van der Waals surface area contributed by atoms with Crippen molar-refractivity contribution in [1.82, 2.24) is 10.3 Å². The van der Waals surface area contributed by atoms with Crippen LogP contribution in [-0.4, -0.2) is 47.3 Å². The van der Waals surface area contributed by atoms with Crippen molar-refractivity contribution < 1.29 is 24.2 Å². The van der Waals surface area contributed by atoms with Gasteiger partial charge in [0.2, 0.25) is 5.91 Å². The van der Waals surface area contributed by atoms with Crippen LogP contribution in [0.15, 0.2) is 23.2 Å². The third kappa shape index (κ3) is 6.75. The van der Waals surface area contributed by atoms with Crippen LogP contribution in [0.5, 0.6) is 0 Å². The van der Waals surface area contributed by atoms with E-state index in [2.05, 4.69) is 15.0 Å². The van der Waals surface area contributed by atoms with E-state index in [1.165, 1.54) is 31.1 Å². The van der Waals surface area contributed by atoms with Crippen molar-refractivity contribution in [1.29, 1.82) is 0 Å². The van der Waals surface area contributed by atoms with Crippen LogP contribution < -0.4 is 5.32 Å². The van der Waals surface area contributed by atoms with Crippen LogP contribution >= 0.6 is 11.8 Å². The van der Waals surface area contributed by atoms with E-state index < -0.39 is 5.97 Å². The number of esters is 1. The zero-order valence-electron chi connectivity index (χ0n) is 11.5. The lowest BCUT2D eigenvalue weighted by Crippen LogP contribution is -2.26. The average Bonchev–Trinajstić information content (AvgIpc) is 2.49. The Morgan fingerprint density at radius 3 is 2.86 bits per heavy atom. The lowest BCUT2D eigenvalue weighted by atomic mass is 10.3. The van der Waals surface area contributed by atoms with E-state index in [4.69, 9.17) is 5.11 Å². The van der Waals surface area contributed by atoms with Crippen LogP contribution in [0, 0.1) is 0 Å². The van der Waals surface area contributed by atoms with Crippen molar-refractivity contribution in [3.63, 3.8) is 0 Å². The number of carbonyl (C=O) groups is 3. The van der Waals surface area contributed by atoms with Gasteiger partial charge in [0.25, 0.3) is 0 Å². The van der Waals surface area contributed by atoms with Gasteiger partial charge in [0.15, 0.2) is 0 Å². The molecule has 114 valence electrons. The molecule has 0 aromatic carbocycles. The Bertz CT molecular complexity index is 521. The number of pyridine rings is 1. The second-order valence-corrected chi connectivity index (χ2v) is 5.05. The highest BCUT2D eigenvalue weighted by Gasteiger charge is 2.07. The summed E-state index contributed by atoms with van der Waals surface area (Å²) >= 11 is 1.22. The van der Waals surface area contributed by atoms with Crippen LogP contribution in [0.3, 0.4) is 0 Å². The van der Waals surface area contributed by atoms with E-state index >= 15 is 0 Å². The monoisotopic (exact) mass is 312 g/mol. The van der Waals surface area contributed by atoms with E-state index in [0.717, 1.165) is 0 Å². The van der Waals surface area contributed by atoms with E-state index in [9.17, 15) is 14.4 Å². The van der Waals surface area contributed by atoms with Crippen LogP contribution in [0.25, 0.3) is 0 Å². The Morgan fingerprint density at radius 2 is 2.19 bits per heavy atom. The molecule has 1 heterocycles. The summed E-state index contributed by atoms with van der Waals surface area (Å²) in [6, 6.07) is 3.05. The molecule has 0 fully saturated rings. The van der Waals surface area contributed by atoms with Crippen molar-refractivity contribution in [2.24, 2.45) is 0 Å². The number of nitrogens with one attached hydrogen (secondary N) is 1. The second kappa shape index (κ2) is 8.96. The summed E-state index contributed by atoms with van der Waals surface area (Å²) in [6.45, 7) is 0.394. The number of methoxy groups -OCH3 is 1. The molecule has 0 bridgehead atoms. The molecule has 0 radical (unpaired) electrons. The Balaban J connectivity index is 2.28. The van der Waals surface area contributed by atoms with Gasteiger partial charge in [-0.05, 0) is 18.6 Å². The number of thioether (sulfide) groups is 1. The quantitative estimate of drug-likeness (QED) is 0.418. The normalized spacial score (nSPS) is 9.95. The summed E-state index contributed by atoms with van der Waals surface area (Å²) in [5.74, 6) is -1.43. The molecule has 0 saturated carbocycles. The highest BCUT2D eigenvalue weighted by molar-refractivity contribution is 8.00. The Kier molecular flexibility index (Phi) is 7.24. The minimum Gasteiger partial charge on any atom is -0.477 e. The lowest BCUT2D eigenvalue weighted by Gasteiger charge is -2.05. The number of aromatic carboxylic acids is 1. The second-order valence-electron chi connectivity index (χ2n) is 4.00. The molecule has 0 unspecified atom stereocenters. The third-order valence-electron chi connectivity index (χ3n) is 2.43. The Hall–Kier alpha value is -2.09. The molecule has 0 aliphatic heterocycles. The summed E-state index contributed by atoms with van der Waals surface area (Å²) in [7, 11) is 1.32. The molecular weight excluding hydrogens is 296 g/mol. The van der Waals surface area contributed by atoms with Gasteiger partial charge in [-0.3, -0.25) is 9.59 Å². The summed E-state index contributed by atoms with van der Waals surface area (Å²) in [4.78, 5) is 37.5. The number of hydrogen-bond donors (Lipinski definition) is 2. The largest absolute Gasteiger partial charge is 0.477 e. The number of ether oxygens (including phenoxy) is 1. The molecule has 0 aliphatic carbocycles. The first-order valence-corrected chi connectivity index (χ1v) is 7.17. The van der Waals surface area contributed by atoms with Crippen molar-refractivity contribution in [2.45, 2.75) is 17.7 Å². The predicted molar refractivity (Wildman–Crippen MR) is 76.2 cm³/mol. The molecule has 8 heteroatoms. The molecule has 0 atom stereocenters. The fourth-order valence-electron chi connectivity index (χ4n) is 1.38. The minimum atomic E-state index is -1.11. The summed E-state index contributed by atoms with van der Waals surface area (Å²) in [5, 5.41) is 11.5. The molecule has 2 N–H and O–H groups in total. The SMILES string of the molecule is COC(=O)CCCNC(=O)CSc1ccnc(C(=O)O)c1. The molecular formula is C13H16N2O5S. The summed E-state index contributed by atoms with van der Waals surface area (Å²) in [6.07, 6.45) is 2.16. The molecule has 1 rings (SSSR count). The van der Waals surface area contributed by atoms with Gasteiger partial charge in [-0.15, -0.1) is 11.8 Å². The molecule has 1 amide bonds. The van der Waals surface area contributed by atoms with Gasteiger partial charge >= 0.3 is 11.9 Å². The molecule has 1 aromatic heterocycles. The maximum absolute atomic E-state index is 11.6. The fraction of sp³-hybridized carbons (Fsp3) is 0.385. The number of carbonyl (C=O) groups excluding carboxylic acids is 2. The van der Waals surface area contributed by atoms with Crippen LogP contribution in [0.1, 0.15) is 23.3 Å². The minimum absolute atomic E-state index is 0.0570. The number of amides is 1. The maximum Gasteiger partial charge on any atom is 0.354 e. The van der Waals surface area contributed by atoms with Crippen molar-refractivity contribution in [3.05, 3.63) is 24.0 Å². The zero-order chi connectivity index (χ0) is 15.7. The number of aromatic nitrogens is 1. The molecule has 0 aliphatic rings. The van der Waals surface area contributed by atoms with Crippen LogP contribution in [-0.2, 0) is 14.3 Å². The Labute approximate surface area is 126 Å². The fourth-order valence-corrected chi connectivity index (χ4v) is 2.13. The number of carboxylic acids is 1. The summed E-state index contributed by atoms with van der Waals surface area (Å²) < 4.78 is 4.48. The van der Waals surface area contributed by atoms with E-state index in [1.54, 1.807) is 6.07 Å². The Morgan fingerprint density at radius 1 is 1.43 bits per heavy atom. The first-order valence-electron chi connectivity index (χ1n) is 6.18. The van der Waals surface area contributed by atoms with Crippen molar-refractivity contribution >= 4 is 29.6 Å². The molecule has 7 nitrogen and oxygen atoms in total. The third-order valence-corrected chi connectivity index (χ3v) is 3.42. The number of hydrogen-bond acceptors (Lipinski definition) is 6.